The highest BCUT2D eigenvalue weighted by atomic mass is 31.2. The van der Waals surface area contributed by atoms with E-state index in [0.717, 1.165) is 18.4 Å². The van der Waals surface area contributed by atoms with Crippen LogP contribution in [-0.2, 0) is 15.4 Å². The third-order valence-electron chi connectivity index (χ3n) is 7.37. The first-order chi connectivity index (χ1) is 17.0. The lowest BCUT2D eigenvalue weighted by atomic mass is 9.77. The average Bonchev–Trinajstić information content (AvgIpc) is 2.79. The molecule has 2 N–H and O–H groups in total. The molecule has 0 bridgehead atoms. The van der Waals surface area contributed by atoms with Crippen molar-refractivity contribution in [3.8, 4) is 0 Å². The summed E-state index contributed by atoms with van der Waals surface area (Å²) in [5.74, 6) is 0. The van der Waals surface area contributed by atoms with Gasteiger partial charge in [-0.3, -0.25) is 0 Å². The Labute approximate surface area is 225 Å². The summed E-state index contributed by atoms with van der Waals surface area (Å²) in [6.07, 6.45) is 20.7. The molecule has 1 rings (SSSR count). The maximum absolute atomic E-state index is 9.69. The van der Waals surface area contributed by atoms with Gasteiger partial charge in [0, 0.05) is 0 Å². The highest BCUT2D eigenvalue weighted by Gasteiger charge is 2.27. The molecule has 0 radical (unpaired) electrons. The average molecular weight is 523 g/mol. The fourth-order valence-corrected chi connectivity index (χ4v) is 5.48. The predicted molar refractivity (Wildman–Crippen MR) is 159 cm³/mol. The lowest BCUT2D eigenvalue weighted by Gasteiger charge is -2.30. The minimum absolute atomic E-state index is 0.0408. The third kappa shape index (κ3) is 14.5. The van der Waals surface area contributed by atoms with Crippen molar-refractivity contribution in [3.05, 3.63) is 34.9 Å². The topological polar surface area (TPSA) is 49.7 Å². The molecule has 0 aromatic heterocycles. The second-order valence-electron chi connectivity index (χ2n) is 12.9. The van der Waals surface area contributed by atoms with Crippen molar-refractivity contribution < 1.29 is 14.3 Å². The van der Waals surface area contributed by atoms with E-state index < -0.39 is 8.60 Å². The van der Waals surface area contributed by atoms with Crippen LogP contribution in [0.25, 0.3) is 0 Å². The molecule has 3 nitrogen and oxygen atoms in total. The summed E-state index contributed by atoms with van der Waals surface area (Å²) in [6.45, 7) is 15.7. The molecule has 0 heterocycles. The van der Waals surface area contributed by atoms with Crippen LogP contribution in [0.3, 0.4) is 0 Å². The van der Waals surface area contributed by atoms with Crippen LogP contribution in [0, 0.1) is 0 Å². The Kier molecular flexibility index (Phi) is 16.7. The smallest absolute Gasteiger partial charge is 0.327 e. The van der Waals surface area contributed by atoms with Crippen molar-refractivity contribution in [1.82, 2.24) is 0 Å². The highest BCUT2D eigenvalue weighted by molar-refractivity contribution is 7.39. The van der Waals surface area contributed by atoms with E-state index in [2.05, 4.69) is 66.7 Å². The summed E-state index contributed by atoms with van der Waals surface area (Å²) in [5, 5.41) is 0. The first-order valence-corrected chi connectivity index (χ1v) is 16.1. The summed E-state index contributed by atoms with van der Waals surface area (Å²) < 4.78 is 5.69. The normalized spacial score (nSPS) is 13.5. The highest BCUT2D eigenvalue weighted by Crippen LogP contribution is 2.42. The van der Waals surface area contributed by atoms with Gasteiger partial charge < -0.3 is 14.3 Å². The SMILES string of the molecule is CCCCCCCCCCCCCCCCCC(OP(O)O)c1ccc(C(C)(C)C)cc1C(C)(C)C. The van der Waals surface area contributed by atoms with E-state index in [1.54, 1.807) is 0 Å². The quantitative estimate of drug-likeness (QED) is 0.140. The van der Waals surface area contributed by atoms with Crippen LogP contribution in [0.2, 0.25) is 0 Å². The maximum atomic E-state index is 9.69. The van der Waals surface area contributed by atoms with Gasteiger partial charge in [-0.2, -0.15) is 0 Å². The molecule has 36 heavy (non-hydrogen) atoms. The van der Waals surface area contributed by atoms with E-state index in [0.29, 0.717) is 0 Å². The third-order valence-corrected chi connectivity index (χ3v) is 7.81. The van der Waals surface area contributed by atoms with Crippen LogP contribution in [0.4, 0.5) is 0 Å². The van der Waals surface area contributed by atoms with E-state index in [9.17, 15) is 9.79 Å². The van der Waals surface area contributed by atoms with E-state index in [-0.39, 0.29) is 16.9 Å². The number of rotatable bonds is 19. The van der Waals surface area contributed by atoms with Crippen LogP contribution in [0.15, 0.2) is 18.2 Å². The van der Waals surface area contributed by atoms with Gasteiger partial charge in [0.2, 0.25) is 0 Å². The first kappa shape index (κ1) is 33.6. The molecular weight excluding hydrogens is 463 g/mol. The largest absolute Gasteiger partial charge is 0.328 e. The molecule has 0 aliphatic carbocycles. The lowest BCUT2D eigenvalue weighted by molar-refractivity contribution is 0.159. The van der Waals surface area contributed by atoms with Gasteiger partial charge in [-0.05, 0) is 33.9 Å². The number of hydrogen-bond acceptors (Lipinski definition) is 3. The molecule has 1 unspecified atom stereocenters. The molecule has 0 aliphatic heterocycles. The van der Waals surface area contributed by atoms with Gasteiger partial charge in [0.1, 0.15) is 0 Å². The van der Waals surface area contributed by atoms with Crippen LogP contribution >= 0.6 is 8.60 Å². The molecule has 0 saturated heterocycles. The molecule has 1 atom stereocenters. The Morgan fingerprint density at radius 2 is 1.11 bits per heavy atom. The second kappa shape index (κ2) is 17.9. The fraction of sp³-hybridized carbons (Fsp3) is 0.812. The minimum Gasteiger partial charge on any atom is -0.328 e. The van der Waals surface area contributed by atoms with E-state index in [1.807, 2.05) is 0 Å². The zero-order chi connectivity index (χ0) is 27.0. The van der Waals surface area contributed by atoms with Crippen molar-refractivity contribution in [3.63, 3.8) is 0 Å². The molecule has 4 heteroatoms. The van der Waals surface area contributed by atoms with Gasteiger partial charge in [0.15, 0.2) is 0 Å². The Hall–Kier alpha value is -0.470. The summed E-state index contributed by atoms with van der Waals surface area (Å²) in [7, 11) is -2.39. The molecule has 210 valence electrons. The van der Waals surface area contributed by atoms with Gasteiger partial charge in [0.05, 0.1) is 6.10 Å². The van der Waals surface area contributed by atoms with Gasteiger partial charge in [-0.15, -0.1) is 0 Å². The Morgan fingerprint density at radius 1 is 0.667 bits per heavy atom. The van der Waals surface area contributed by atoms with Crippen molar-refractivity contribution in [2.24, 2.45) is 0 Å². The Bertz CT molecular complexity index is 688. The van der Waals surface area contributed by atoms with Crippen molar-refractivity contribution in [1.29, 1.82) is 0 Å². The molecule has 0 aliphatic rings. The van der Waals surface area contributed by atoms with Crippen molar-refractivity contribution in [2.75, 3.05) is 0 Å². The number of hydrogen-bond donors (Lipinski definition) is 2. The zero-order valence-electron chi connectivity index (χ0n) is 24.9. The first-order valence-electron chi connectivity index (χ1n) is 15.0. The predicted octanol–water partition coefficient (Wildman–Crippen LogP) is 10.8. The van der Waals surface area contributed by atoms with Crippen LogP contribution in [-0.4, -0.2) is 9.79 Å². The molecule has 0 spiro atoms. The molecular formula is C32H59O3P. The second-order valence-corrected chi connectivity index (χ2v) is 13.6. The van der Waals surface area contributed by atoms with Gasteiger partial charge >= 0.3 is 8.60 Å². The van der Waals surface area contributed by atoms with Crippen molar-refractivity contribution in [2.45, 2.75) is 168 Å². The van der Waals surface area contributed by atoms with Gasteiger partial charge in [-0.1, -0.05) is 163 Å². The maximum Gasteiger partial charge on any atom is 0.327 e. The molecule has 1 aromatic rings. The summed E-state index contributed by atoms with van der Waals surface area (Å²) in [5.41, 5.74) is 3.69. The zero-order valence-corrected chi connectivity index (χ0v) is 25.8. The summed E-state index contributed by atoms with van der Waals surface area (Å²) in [4.78, 5) is 19.4. The van der Waals surface area contributed by atoms with E-state index in [4.69, 9.17) is 4.52 Å². The lowest BCUT2D eigenvalue weighted by Crippen LogP contribution is -2.20. The number of unbranched alkanes of at least 4 members (excludes halogenated alkanes) is 14. The standard InChI is InChI=1S/C32H59O3P/c1-8-9-10-11-12-13-14-15-16-17-18-19-20-21-22-23-30(35-36(33)34)28-25-24-27(31(2,3)4)26-29(28)32(5,6)7/h24-26,30,33-34H,8-23H2,1-7H3. The Balaban J connectivity index is 2.42. The van der Waals surface area contributed by atoms with E-state index >= 15 is 0 Å². The summed E-state index contributed by atoms with van der Waals surface area (Å²) >= 11 is 0. The van der Waals surface area contributed by atoms with Gasteiger partial charge in [0.25, 0.3) is 0 Å². The van der Waals surface area contributed by atoms with Crippen LogP contribution in [0.5, 0.6) is 0 Å². The monoisotopic (exact) mass is 522 g/mol. The van der Waals surface area contributed by atoms with Crippen LogP contribution < -0.4 is 0 Å². The fourth-order valence-electron chi connectivity index (χ4n) is 5.03. The van der Waals surface area contributed by atoms with Crippen molar-refractivity contribution >= 4 is 8.60 Å². The van der Waals surface area contributed by atoms with Crippen LogP contribution in [0.1, 0.15) is 174 Å². The molecule has 0 amide bonds. The molecule has 0 saturated carbocycles. The number of benzene rings is 1. The molecule has 1 aromatic carbocycles. The van der Waals surface area contributed by atoms with E-state index in [1.165, 1.54) is 101 Å². The summed E-state index contributed by atoms with van der Waals surface area (Å²) in [6, 6.07) is 6.65. The Morgan fingerprint density at radius 3 is 1.50 bits per heavy atom. The molecule has 0 fully saturated rings. The van der Waals surface area contributed by atoms with Gasteiger partial charge in [-0.25, -0.2) is 0 Å². The minimum atomic E-state index is -2.39.